The third kappa shape index (κ3) is 2.48. The highest BCUT2D eigenvalue weighted by Crippen LogP contribution is 2.25. The predicted octanol–water partition coefficient (Wildman–Crippen LogP) is 2.65. The van der Waals surface area contributed by atoms with Gasteiger partial charge in [0.1, 0.15) is 6.04 Å². The number of hydrogen-bond donors (Lipinski definition) is 1. The van der Waals surface area contributed by atoms with Crippen molar-refractivity contribution in [3.8, 4) is 0 Å². The summed E-state index contributed by atoms with van der Waals surface area (Å²) >= 11 is 0. The largest absolute Gasteiger partial charge is 0.480 e. The third-order valence-electron chi connectivity index (χ3n) is 4.17. The molecule has 4 heteroatoms. The maximum atomic E-state index is 12.8. The van der Waals surface area contributed by atoms with Gasteiger partial charge in [0.05, 0.1) is 0 Å². The highest BCUT2D eigenvalue weighted by atomic mass is 16.4. The fourth-order valence-electron chi connectivity index (χ4n) is 2.92. The van der Waals surface area contributed by atoms with E-state index in [1.54, 1.807) is 12.1 Å². The molecule has 2 aromatic rings. The molecule has 1 atom stereocenters. The van der Waals surface area contributed by atoms with Crippen molar-refractivity contribution in [3.05, 3.63) is 70.8 Å². The number of nitrogens with zero attached hydrogens (tertiary/aromatic N) is 1. The first-order valence-corrected chi connectivity index (χ1v) is 7.24. The Labute approximate surface area is 129 Å². The minimum atomic E-state index is -0.962. The molecular formula is C18H17NO3. The lowest BCUT2D eigenvalue weighted by Crippen LogP contribution is -2.48. The second kappa shape index (κ2) is 5.64. The molecule has 0 spiro atoms. The molecule has 1 heterocycles. The molecule has 3 rings (SSSR count). The highest BCUT2D eigenvalue weighted by Gasteiger charge is 2.35. The van der Waals surface area contributed by atoms with Crippen LogP contribution in [0.4, 0.5) is 0 Å². The second-order valence-electron chi connectivity index (χ2n) is 5.57. The minimum Gasteiger partial charge on any atom is -0.480 e. The highest BCUT2D eigenvalue weighted by molar-refractivity contribution is 5.98. The van der Waals surface area contributed by atoms with Crippen molar-refractivity contribution in [2.45, 2.75) is 25.9 Å². The Bertz CT molecular complexity index is 739. The topological polar surface area (TPSA) is 57.6 Å². The molecule has 1 N–H and O–H groups in total. The van der Waals surface area contributed by atoms with Crippen LogP contribution in [0, 0.1) is 6.92 Å². The zero-order chi connectivity index (χ0) is 15.7. The Balaban J connectivity index is 1.99. The van der Waals surface area contributed by atoms with Crippen LogP contribution in [0.3, 0.4) is 0 Å². The van der Waals surface area contributed by atoms with Gasteiger partial charge in [-0.1, -0.05) is 42.5 Å². The van der Waals surface area contributed by atoms with Crippen LogP contribution in [-0.4, -0.2) is 27.9 Å². The molecule has 1 aliphatic heterocycles. The molecule has 4 nitrogen and oxygen atoms in total. The van der Waals surface area contributed by atoms with Crippen LogP contribution in [-0.2, 0) is 17.8 Å². The predicted molar refractivity (Wildman–Crippen MR) is 82.6 cm³/mol. The second-order valence-corrected chi connectivity index (χ2v) is 5.57. The number of carboxylic acids is 1. The summed E-state index contributed by atoms with van der Waals surface area (Å²) in [5.74, 6) is -1.18. The fourth-order valence-corrected chi connectivity index (χ4v) is 2.92. The van der Waals surface area contributed by atoms with Gasteiger partial charge in [0.15, 0.2) is 0 Å². The van der Waals surface area contributed by atoms with Crippen LogP contribution < -0.4 is 0 Å². The molecule has 0 radical (unpaired) electrons. The number of hydrogen-bond acceptors (Lipinski definition) is 2. The maximum Gasteiger partial charge on any atom is 0.326 e. The molecule has 0 fully saturated rings. The van der Waals surface area contributed by atoms with Gasteiger partial charge >= 0.3 is 5.97 Å². The van der Waals surface area contributed by atoms with Crippen molar-refractivity contribution in [2.24, 2.45) is 0 Å². The van der Waals surface area contributed by atoms with Gasteiger partial charge < -0.3 is 10.0 Å². The minimum absolute atomic E-state index is 0.222. The van der Waals surface area contributed by atoms with E-state index in [0.29, 0.717) is 18.5 Å². The molecular weight excluding hydrogens is 278 g/mol. The number of aliphatic carboxylic acids is 1. The first kappa shape index (κ1) is 14.3. The number of fused-ring (bicyclic) bond motifs is 1. The maximum absolute atomic E-state index is 12.8. The van der Waals surface area contributed by atoms with Crippen molar-refractivity contribution in [1.82, 2.24) is 4.90 Å². The molecule has 112 valence electrons. The van der Waals surface area contributed by atoms with Crippen molar-refractivity contribution in [2.75, 3.05) is 0 Å². The van der Waals surface area contributed by atoms with Crippen LogP contribution in [0.2, 0.25) is 0 Å². The Morgan fingerprint density at radius 3 is 2.36 bits per heavy atom. The Morgan fingerprint density at radius 2 is 1.68 bits per heavy atom. The van der Waals surface area contributed by atoms with Crippen LogP contribution in [0.25, 0.3) is 0 Å². The van der Waals surface area contributed by atoms with E-state index in [-0.39, 0.29) is 5.91 Å². The first-order chi connectivity index (χ1) is 10.6. The number of carbonyl (C=O) groups excluding carboxylic acids is 1. The zero-order valence-corrected chi connectivity index (χ0v) is 12.3. The number of carbonyl (C=O) groups is 2. The average Bonchev–Trinajstić information content (AvgIpc) is 2.53. The van der Waals surface area contributed by atoms with E-state index in [2.05, 4.69) is 0 Å². The van der Waals surface area contributed by atoms with Crippen molar-refractivity contribution in [3.63, 3.8) is 0 Å². The van der Waals surface area contributed by atoms with E-state index < -0.39 is 12.0 Å². The van der Waals surface area contributed by atoms with Crippen molar-refractivity contribution >= 4 is 11.9 Å². The van der Waals surface area contributed by atoms with Gasteiger partial charge in [-0.05, 0) is 29.7 Å². The third-order valence-corrected chi connectivity index (χ3v) is 4.17. The van der Waals surface area contributed by atoms with E-state index in [1.807, 2.05) is 43.3 Å². The van der Waals surface area contributed by atoms with Gasteiger partial charge in [0.25, 0.3) is 5.91 Å². The summed E-state index contributed by atoms with van der Waals surface area (Å²) in [5.41, 5.74) is 3.44. The van der Waals surface area contributed by atoms with Gasteiger partial charge in [-0.3, -0.25) is 4.79 Å². The van der Waals surface area contributed by atoms with E-state index in [9.17, 15) is 14.7 Å². The van der Waals surface area contributed by atoms with Crippen LogP contribution >= 0.6 is 0 Å². The number of rotatable bonds is 2. The van der Waals surface area contributed by atoms with Crippen molar-refractivity contribution < 1.29 is 14.7 Å². The van der Waals surface area contributed by atoms with Crippen LogP contribution in [0.1, 0.15) is 27.0 Å². The van der Waals surface area contributed by atoms with Gasteiger partial charge in [-0.2, -0.15) is 0 Å². The Kier molecular flexibility index (Phi) is 3.67. The standard InChI is InChI=1S/C18H17NO3/c1-12-6-2-5-9-15(12)17(20)19-11-14-8-4-3-7-13(14)10-16(19)18(21)22/h2-9,16H,10-11H2,1H3,(H,21,22). The lowest BCUT2D eigenvalue weighted by Gasteiger charge is -2.34. The monoisotopic (exact) mass is 295 g/mol. The molecule has 1 amide bonds. The average molecular weight is 295 g/mol. The lowest BCUT2D eigenvalue weighted by molar-refractivity contribution is -0.142. The van der Waals surface area contributed by atoms with E-state index >= 15 is 0 Å². The van der Waals surface area contributed by atoms with Crippen LogP contribution in [0.15, 0.2) is 48.5 Å². The number of aryl methyl sites for hydroxylation is 1. The number of carboxylic acid groups (broad SMARTS) is 1. The summed E-state index contributed by atoms with van der Waals surface area (Å²) in [5, 5.41) is 9.51. The summed E-state index contributed by atoms with van der Waals surface area (Å²) in [6.07, 6.45) is 0.350. The molecule has 0 saturated heterocycles. The zero-order valence-electron chi connectivity index (χ0n) is 12.3. The van der Waals surface area contributed by atoms with Gasteiger partial charge in [0, 0.05) is 18.5 Å². The molecule has 1 aliphatic rings. The summed E-state index contributed by atoms with van der Waals surface area (Å²) in [4.78, 5) is 25.9. The molecule has 22 heavy (non-hydrogen) atoms. The summed E-state index contributed by atoms with van der Waals surface area (Å²) in [6.45, 7) is 2.20. The molecule has 2 aromatic carbocycles. The van der Waals surface area contributed by atoms with Gasteiger partial charge in [-0.25, -0.2) is 4.79 Å². The normalized spacial score (nSPS) is 17.0. The van der Waals surface area contributed by atoms with Gasteiger partial charge in [0.2, 0.25) is 0 Å². The summed E-state index contributed by atoms with van der Waals surface area (Å²) in [7, 11) is 0. The number of benzene rings is 2. The lowest BCUT2D eigenvalue weighted by atomic mass is 9.93. The molecule has 1 unspecified atom stereocenters. The van der Waals surface area contributed by atoms with Gasteiger partial charge in [-0.15, -0.1) is 0 Å². The summed E-state index contributed by atoms with van der Waals surface area (Å²) < 4.78 is 0. The molecule has 0 saturated carbocycles. The molecule has 0 aromatic heterocycles. The van der Waals surface area contributed by atoms with Crippen molar-refractivity contribution in [1.29, 1.82) is 0 Å². The SMILES string of the molecule is Cc1ccccc1C(=O)N1Cc2ccccc2CC1C(=O)O. The molecule has 0 bridgehead atoms. The van der Waals surface area contributed by atoms with Crippen LogP contribution in [0.5, 0.6) is 0 Å². The fraction of sp³-hybridized carbons (Fsp3) is 0.222. The Morgan fingerprint density at radius 1 is 1.05 bits per heavy atom. The number of amides is 1. The smallest absolute Gasteiger partial charge is 0.326 e. The van der Waals surface area contributed by atoms with E-state index in [0.717, 1.165) is 16.7 Å². The quantitative estimate of drug-likeness (QED) is 0.926. The molecule has 0 aliphatic carbocycles. The van der Waals surface area contributed by atoms with E-state index in [4.69, 9.17) is 0 Å². The van der Waals surface area contributed by atoms with E-state index in [1.165, 1.54) is 4.90 Å². The Hall–Kier alpha value is -2.62. The summed E-state index contributed by atoms with van der Waals surface area (Å²) in [6, 6.07) is 14.2. The first-order valence-electron chi connectivity index (χ1n) is 7.24.